The number of nitrogens with one attached hydrogen (secondary N) is 1. The molecule has 0 aliphatic rings. The molecule has 2 amide bonds. The summed E-state index contributed by atoms with van der Waals surface area (Å²) in [7, 11) is 1.55. The predicted molar refractivity (Wildman–Crippen MR) is 83.3 cm³/mol. The molecule has 96 valence electrons. The second-order valence-electron chi connectivity index (χ2n) is 3.58. The Hall–Kier alpha value is -0.890. The molecule has 0 heterocycles. The number of benzene rings is 1. The van der Waals surface area contributed by atoms with Gasteiger partial charge in [-0.2, -0.15) is 0 Å². The fraction of sp³-hybridized carbons (Fsp3) is 0.167. The van der Waals surface area contributed by atoms with Crippen LogP contribution >= 0.6 is 38.5 Å². The van der Waals surface area contributed by atoms with E-state index in [0.717, 1.165) is 8.04 Å². The normalized spacial score (nSPS) is 9.72. The summed E-state index contributed by atoms with van der Waals surface area (Å²) in [4.78, 5) is 24.2. The van der Waals surface area contributed by atoms with Crippen molar-refractivity contribution in [1.29, 1.82) is 0 Å². The number of carbonyl (C=O) groups excluding carboxylic acids is 2. The first kappa shape index (κ1) is 15.2. The quantitative estimate of drug-likeness (QED) is 0.599. The minimum Gasteiger partial charge on any atom is -0.333 e. The van der Waals surface area contributed by atoms with Crippen LogP contribution in [0.3, 0.4) is 0 Å². The number of amides is 2. The van der Waals surface area contributed by atoms with Crippen molar-refractivity contribution >= 4 is 56.0 Å². The summed E-state index contributed by atoms with van der Waals surface area (Å²) in [5, 5.41) is 2.73. The lowest BCUT2D eigenvalue weighted by atomic mass is 10.3. The van der Waals surface area contributed by atoms with E-state index in [1.165, 1.54) is 11.0 Å². The third kappa shape index (κ3) is 4.41. The fourth-order valence-corrected chi connectivity index (χ4v) is 1.99. The van der Waals surface area contributed by atoms with Gasteiger partial charge in [0.2, 0.25) is 11.8 Å². The zero-order valence-corrected chi connectivity index (χ0v) is 13.5. The molecule has 0 saturated heterocycles. The maximum atomic E-state index is 11.7. The van der Waals surface area contributed by atoms with Crippen LogP contribution in [0.1, 0.15) is 0 Å². The molecule has 0 fully saturated rings. The summed E-state index contributed by atoms with van der Waals surface area (Å²) in [6, 6.07) is 5.49. The van der Waals surface area contributed by atoms with Crippen molar-refractivity contribution in [2.75, 3.05) is 18.9 Å². The molecule has 0 unspecified atom stereocenters. The molecule has 0 atom stereocenters. The Morgan fingerprint density at radius 2 is 2.22 bits per heavy atom. The van der Waals surface area contributed by atoms with Gasteiger partial charge in [-0.15, -0.1) is 0 Å². The van der Waals surface area contributed by atoms with Gasteiger partial charge in [0.25, 0.3) is 0 Å². The van der Waals surface area contributed by atoms with Gasteiger partial charge in [0.15, 0.2) is 0 Å². The highest BCUT2D eigenvalue weighted by atomic mass is 127. The van der Waals surface area contributed by atoms with Crippen LogP contribution in [0.2, 0.25) is 0 Å². The molecule has 0 aliphatic heterocycles. The van der Waals surface area contributed by atoms with E-state index in [2.05, 4.69) is 50.4 Å². The molecule has 1 N–H and O–H groups in total. The predicted octanol–water partition coefficient (Wildman–Crippen LogP) is 2.64. The van der Waals surface area contributed by atoms with Gasteiger partial charge >= 0.3 is 0 Å². The summed E-state index contributed by atoms with van der Waals surface area (Å²) in [6.45, 7) is 3.36. The molecule has 6 heteroatoms. The molecule has 0 radical (unpaired) electrons. The van der Waals surface area contributed by atoms with Crippen molar-refractivity contribution in [3.8, 4) is 0 Å². The van der Waals surface area contributed by atoms with E-state index in [-0.39, 0.29) is 18.4 Å². The average Bonchev–Trinajstić information content (AvgIpc) is 2.32. The summed E-state index contributed by atoms with van der Waals surface area (Å²) in [5.74, 6) is -0.527. The summed E-state index contributed by atoms with van der Waals surface area (Å²) in [6.07, 6.45) is 1.18. The Morgan fingerprint density at radius 3 is 2.78 bits per heavy atom. The molecule has 0 spiro atoms. The molecule has 18 heavy (non-hydrogen) atoms. The van der Waals surface area contributed by atoms with Crippen LogP contribution in [0.5, 0.6) is 0 Å². The van der Waals surface area contributed by atoms with Gasteiger partial charge in [0, 0.05) is 20.8 Å². The van der Waals surface area contributed by atoms with E-state index in [4.69, 9.17) is 0 Å². The Kier molecular flexibility index (Phi) is 5.80. The highest BCUT2D eigenvalue weighted by molar-refractivity contribution is 14.1. The van der Waals surface area contributed by atoms with Gasteiger partial charge in [0.1, 0.15) is 0 Å². The van der Waals surface area contributed by atoms with Crippen LogP contribution in [0.15, 0.2) is 35.3 Å². The molecule has 0 aliphatic carbocycles. The SMILES string of the molecule is C=CC(=O)N(C)CC(=O)Nc1ccc(Br)c(I)c1. The van der Waals surface area contributed by atoms with Crippen LogP contribution in [0, 0.1) is 3.57 Å². The maximum Gasteiger partial charge on any atom is 0.246 e. The molecule has 0 saturated carbocycles. The van der Waals surface area contributed by atoms with E-state index in [0.29, 0.717) is 5.69 Å². The van der Waals surface area contributed by atoms with Gasteiger partial charge in [-0.3, -0.25) is 9.59 Å². The van der Waals surface area contributed by atoms with E-state index < -0.39 is 0 Å². The Balaban J connectivity index is 2.62. The third-order valence-corrected chi connectivity index (χ3v) is 4.46. The standard InChI is InChI=1S/C12H12BrIN2O2/c1-3-12(18)16(2)7-11(17)15-8-4-5-9(13)10(14)6-8/h3-6H,1,7H2,2H3,(H,15,17). The van der Waals surface area contributed by atoms with Crippen molar-refractivity contribution in [3.63, 3.8) is 0 Å². The minimum absolute atomic E-state index is 0.00248. The maximum absolute atomic E-state index is 11.7. The Morgan fingerprint density at radius 1 is 1.56 bits per heavy atom. The monoisotopic (exact) mass is 422 g/mol. The van der Waals surface area contributed by atoms with Crippen molar-refractivity contribution in [2.24, 2.45) is 0 Å². The molecule has 1 aromatic carbocycles. The van der Waals surface area contributed by atoms with Gasteiger partial charge < -0.3 is 10.2 Å². The van der Waals surface area contributed by atoms with Crippen molar-refractivity contribution in [3.05, 3.63) is 38.9 Å². The average molecular weight is 423 g/mol. The van der Waals surface area contributed by atoms with Gasteiger partial charge in [0.05, 0.1) is 6.54 Å². The first-order valence-corrected chi connectivity index (χ1v) is 6.93. The molecular formula is C12H12BrIN2O2. The number of hydrogen-bond donors (Lipinski definition) is 1. The fourth-order valence-electron chi connectivity index (χ4n) is 1.22. The molecule has 0 bridgehead atoms. The third-order valence-electron chi connectivity index (χ3n) is 2.13. The smallest absolute Gasteiger partial charge is 0.246 e. The first-order valence-electron chi connectivity index (χ1n) is 5.06. The highest BCUT2D eigenvalue weighted by Gasteiger charge is 2.10. The van der Waals surface area contributed by atoms with Gasteiger partial charge in [-0.05, 0) is 62.8 Å². The number of anilines is 1. The zero-order valence-electron chi connectivity index (χ0n) is 9.74. The second-order valence-corrected chi connectivity index (χ2v) is 5.59. The summed E-state index contributed by atoms with van der Waals surface area (Å²) >= 11 is 5.54. The number of rotatable bonds is 4. The van der Waals surface area contributed by atoms with Crippen molar-refractivity contribution in [1.82, 2.24) is 4.90 Å². The lowest BCUT2D eigenvalue weighted by Crippen LogP contribution is -2.33. The number of halogens is 2. The lowest BCUT2D eigenvalue weighted by Gasteiger charge is -2.14. The molecule has 4 nitrogen and oxygen atoms in total. The molecular weight excluding hydrogens is 411 g/mol. The molecule has 1 aromatic rings. The van der Waals surface area contributed by atoms with Crippen molar-refractivity contribution in [2.45, 2.75) is 0 Å². The molecule has 1 rings (SSSR count). The second kappa shape index (κ2) is 6.89. The Bertz CT molecular complexity index is 491. The first-order chi connectivity index (χ1) is 8.43. The largest absolute Gasteiger partial charge is 0.333 e. The summed E-state index contributed by atoms with van der Waals surface area (Å²) < 4.78 is 1.97. The summed E-state index contributed by atoms with van der Waals surface area (Å²) in [5.41, 5.74) is 0.701. The molecule has 0 aromatic heterocycles. The van der Waals surface area contributed by atoms with E-state index in [1.807, 2.05) is 12.1 Å². The van der Waals surface area contributed by atoms with E-state index in [1.54, 1.807) is 13.1 Å². The van der Waals surface area contributed by atoms with Crippen LogP contribution < -0.4 is 5.32 Å². The topological polar surface area (TPSA) is 49.4 Å². The lowest BCUT2D eigenvalue weighted by molar-refractivity contribution is -0.129. The van der Waals surface area contributed by atoms with Gasteiger partial charge in [-0.25, -0.2) is 0 Å². The van der Waals surface area contributed by atoms with Gasteiger partial charge in [-0.1, -0.05) is 6.58 Å². The number of hydrogen-bond acceptors (Lipinski definition) is 2. The van der Waals surface area contributed by atoms with E-state index >= 15 is 0 Å². The van der Waals surface area contributed by atoms with Crippen LogP contribution in [0.4, 0.5) is 5.69 Å². The van der Waals surface area contributed by atoms with E-state index in [9.17, 15) is 9.59 Å². The highest BCUT2D eigenvalue weighted by Crippen LogP contribution is 2.22. The zero-order chi connectivity index (χ0) is 13.7. The van der Waals surface area contributed by atoms with Crippen LogP contribution in [-0.4, -0.2) is 30.3 Å². The van der Waals surface area contributed by atoms with Crippen molar-refractivity contribution < 1.29 is 9.59 Å². The minimum atomic E-state index is -0.282. The number of nitrogens with zero attached hydrogens (tertiary/aromatic N) is 1. The number of likely N-dealkylation sites (N-methyl/N-ethyl adjacent to an activating group) is 1. The van der Waals surface area contributed by atoms with Crippen LogP contribution in [-0.2, 0) is 9.59 Å². The van der Waals surface area contributed by atoms with Crippen LogP contribution in [0.25, 0.3) is 0 Å². The Labute approximate surface area is 128 Å². The number of carbonyl (C=O) groups is 2.